The Balaban J connectivity index is 1.85. The minimum Gasteiger partial charge on any atom is -0.481 e. The maximum atomic E-state index is 11.6. The third kappa shape index (κ3) is 2.05. The Morgan fingerprint density at radius 3 is 2.47 bits per heavy atom. The van der Waals surface area contributed by atoms with Gasteiger partial charge in [0.1, 0.15) is 6.54 Å². The Kier molecular flexibility index (Phi) is 2.70. The second kappa shape index (κ2) is 4.04. The second-order valence-corrected chi connectivity index (χ2v) is 3.97. The van der Waals surface area contributed by atoms with Crippen LogP contribution in [0.2, 0.25) is 0 Å². The first-order chi connectivity index (χ1) is 7.99. The Morgan fingerprint density at radius 2 is 2.00 bits per heavy atom. The topological polar surface area (TPSA) is 107 Å². The summed E-state index contributed by atoms with van der Waals surface area (Å²) in [5.74, 6) is -2.34. The number of urea groups is 1. The smallest absolute Gasteiger partial charge is 0.325 e. The quantitative estimate of drug-likeness (QED) is 0.560. The number of carboxylic acids is 1. The van der Waals surface area contributed by atoms with Gasteiger partial charge in [0.15, 0.2) is 0 Å². The molecule has 92 valence electrons. The Morgan fingerprint density at radius 1 is 1.35 bits per heavy atom. The zero-order valence-electron chi connectivity index (χ0n) is 8.88. The number of amides is 4. The third-order valence-corrected chi connectivity index (χ3v) is 2.81. The fourth-order valence-electron chi connectivity index (χ4n) is 1.69. The molecule has 17 heavy (non-hydrogen) atoms. The van der Waals surface area contributed by atoms with Gasteiger partial charge in [0.25, 0.3) is 5.91 Å². The van der Waals surface area contributed by atoms with Gasteiger partial charge in [0.05, 0.1) is 12.5 Å². The Bertz CT molecular complexity index is 385. The van der Waals surface area contributed by atoms with E-state index >= 15 is 0 Å². The number of carbonyl (C=O) groups is 4. The molecule has 2 aliphatic heterocycles. The van der Waals surface area contributed by atoms with Crippen molar-refractivity contribution in [2.75, 3.05) is 26.2 Å². The number of aliphatic carboxylic acids is 1. The van der Waals surface area contributed by atoms with Gasteiger partial charge in [-0.05, 0) is 0 Å². The maximum absolute atomic E-state index is 11.6. The van der Waals surface area contributed by atoms with E-state index in [1.807, 2.05) is 0 Å². The minimum absolute atomic E-state index is 0.0934. The first-order valence-corrected chi connectivity index (χ1v) is 5.08. The molecule has 0 bridgehead atoms. The number of hydrogen-bond donors (Lipinski definition) is 2. The van der Waals surface area contributed by atoms with Crippen molar-refractivity contribution in [3.05, 3.63) is 0 Å². The van der Waals surface area contributed by atoms with Crippen molar-refractivity contribution in [3.8, 4) is 0 Å². The van der Waals surface area contributed by atoms with Crippen LogP contribution in [0.4, 0.5) is 4.79 Å². The fourth-order valence-corrected chi connectivity index (χ4v) is 1.69. The largest absolute Gasteiger partial charge is 0.481 e. The summed E-state index contributed by atoms with van der Waals surface area (Å²) in [5.41, 5.74) is 0. The van der Waals surface area contributed by atoms with E-state index in [1.54, 1.807) is 0 Å². The predicted molar refractivity (Wildman–Crippen MR) is 52.8 cm³/mol. The number of likely N-dealkylation sites (tertiary alicyclic amines) is 1. The molecule has 2 N–H and O–H groups in total. The van der Waals surface area contributed by atoms with Crippen LogP contribution in [0, 0.1) is 5.92 Å². The molecule has 0 atom stereocenters. The second-order valence-electron chi connectivity index (χ2n) is 3.97. The number of rotatable bonds is 3. The lowest BCUT2D eigenvalue weighted by Crippen LogP contribution is -2.55. The molecule has 0 aromatic carbocycles. The molecule has 2 heterocycles. The van der Waals surface area contributed by atoms with Crippen LogP contribution in [0.15, 0.2) is 0 Å². The highest BCUT2D eigenvalue weighted by atomic mass is 16.4. The molecule has 0 aromatic heterocycles. The van der Waals surface area contributed by atoms with Crippen LogP contribution in [-0.4, -0.2) is 64.9 Å². The van der Waals surface area contributed by atoms with E-state index in [2.05, 4.69) is 5.32 Å². The highest BCUT2D eigenvalue weighted by Crippen LogP contribution is 2.16. The lowest BCUT2D eigenvalue weighted by molar-refractivity contribution is -0.153. The molecule has 0 spiro atoms. The van der Waals surface area contributed by atoms with Crippen molar-refractivity contribution >= 4 is 23.8 Å². The van der Waals surface area contributed by atoms with Crippen LogP contribution in [0.3, 0.4) is 0 Å². The van der Waals surface area contributed by atoms with Gasteiger partial charge in [-0.3, -0.25) is 19.3 Å². The van der Waals surface area contributed by atoms with E-state index in [4.69, 9.17) is 5.11 Å². The summed E-state index contributed by atoms with van der Waals surface area (Å²) in [6.07, 6.45) is 0. The summed E-state index contributed by atoms with van der Waals surface area (Å²) in [6.45, 7) is -0.142. The number of nitrogens with one attached hydrogen (secondary N) is 1. The van der Waals surface area contributed by atoms with Crippen LogP contribution < -0.4 is 5.32 Å². The van der Waals surface area contributed by atoms with Crippen LogP contribution in [0.25, 0.3) is 0 Å². The fraction of sp³-hybridized carbons (Fsp3) is 0.556. The molecule has 0 unspecified atom stereocenters. The summed E-state index contributed by atoms with van der Waals surface area (Å²) < 4.78 is 0. The molecule has 2 fully saturated rings. The normalized spacial score (nSPS) is 20.2. The molecular weight excluding hydrogens is 230 g/mol. The van der Waals surface area contributed by atoms with Crippen molar-refractivity contribution in [1.82, 2.24) is 15.1 Å². The van der Waals surface area contributed by atoms with Crippen molar-refractivity contribution in [2.24, 2.45) is 5.92 Å². The van der Waals surface area contributed by atoms with Gasteiger partial charge < -0.3 is 15.3 Å². The van der Waals surface area contributed by atoms with Crippen LogP contribution >= 0.6 is 0 Å². The van der Waals surface area contributed by atoms with Crippen molar-refractivity contribution in [3.63, 3.8) is 0 Å². The molecule has 4 amide bonds. The number of nitrogens with zero attached hydrogens (tertiary/aromatic N) is 2. The molecule has 0 radical (unpaired) electrons. The zero-order valence-corrected chi connectivity index (χ0v) is 8.88. The van der Waals surface area contributed by atoms with Gasteiger partial charge in [0.2, 0.25) is 5.91 Å². The van der Waals surface area contributed by atoms with E-state index in [1.165, 1.54) is 4.90 Å². The third-order valence-electron chi connectivity index (χ3n) is 2.81. The number of carbonyl (C=O) groups excluding carboxylic acids is 3. The number of imide groups is 1. The summed E-state index contributed by atoms with van der Waals surface area (Å²) in [6, 6.07) is -0.585. The minimum atomic E-state index is -0.941. The van der Waals surface area contributed by atoms with E-state index < -0.39 is 29.7 Å². The lowest BCUT2D eigenvalue weighted by atomic mass is 10.0. The average molecular weight is 241 g/mol. The monoisotopic (exact) mass is 241 g/mol. The first-order valence-electron chi connectivity index (χ1n) is 5.08. The van der Waals surface area contributed by atoms with Gasteiger partial charge in [-0.25, -0.2) is 4.79 Å². The summed E-state index contributed by atoms with van der Waals surface area (Å²) in [4.78, 5) is 46.6. The molecule has 0 saturated carbocycles. The molecule has 0 aliphatic carbocycles. The maximum Gasteiger partial charge on any atom is 0.325 e. The first kappa shape index (κ1) is 11.4. The van der Waals surface area contributed by atoms with Gasteiger partial charge in [-0.15, -0.1) is 0 Å². The highest BCUT2D eigenvalue weighted by molar-refractivity contribution is 6.04. The lowest BCUT2D eigenvalue weighted by Gasteiger charge is -2.37. The molecule has 2 rings (SSSR count). The van der Waals surface area contributed by atoms with Crippen LogP contribution in [0.1, 0.15) is 0 Å². The van der Waals surface area contributed by atoms with E-state index in [9.17, 15) is 19.2 Å². The average Bonchev–Trinajstić information content (AvgIpc) is 2.46. The van der Waals surface area contributed by atoms with E-state index in [0.717, 1.165) is 4.90 Å². The van der Waals surface area contributed by atoms with Crippen molar-refractivity contribution in [1.29, 1.82) is 0 Å². The highest BCUT2D eigenvalue weighted by Gasteiger charge is 2.38. The summed E-state index contributed by atoms with van der Waals surface area (Å²) >= 11 is 0. The predicted octanol–water partition coefficient (Wildman–Crippen LogP) is -1.92. The van der Waals surface area contributed by atoms with Crippen molar-refractivity contribution < 1.29 is 24.3 Å². The van der Waals surface area contributed by atoms with Gasteiger partial charge in [-0.1, -0.05) is 0 Å². The Labute approximate surface area is 96.2 Å². The molecule has 2 saturated heterocycles. The molecular formula is C9H11N3O5. The van der Waals surface area contributed by atoms with Crippen molar-refractivity contribution in [2.45, 2.75) is 0 Å². The SMILES string of the molecule is O=C(O)C1CN(C(=O)CN2C(=O)CNC2=O)C1. The van der Waals surface area contributed by atoms with Gasteiger partial charge >= 0.3 is 12.0 Å². The van der Waals surface area contributed by atoms with Gasteiger partial charge in [-0.2, -0.15) is 0 Å². The molecule has 2 aliphatic rings. The standard InChI is InChI=1S/C9H11N3O5/c13-6-1-10-9(17)12(6)4-7(14)11-2-5(3-11)8(15)16/h5H,1-4H2,(H,10,17)(H,15,16). The van der Waals surface area contributed by atoms with Crippen LogP contribution in [-0.2, 0) is 14.4 Å². The Hall–Kier alpha value is -2.12. The summed E-state index contributed by atoms with van der Waals surface area (Å²) in [5, 5.41) is 10.9. The van der Waals surface area contributed by atoms with E-state index in [0.29, 0.717) is 0 Å². The van der Waals surface area contributed by atoms with Crippen LogP contribution in [0.5, 0.6) is 0 Å². The molecule has 8 heteroatoms. The molecule has 8 nitrogen and oxygen atoms in total. The van der Waals surface area contributed by atoms with E-state index in [-0.39, 0.29) is 26.2 Å². The molecule has 0 aromatic rings. The van der Waals surface area contributed by atoms with Gasteiger partial charge in [0, 0.05) is 13.1 Å². The number of hydrogen-bond acceptors (Lipinski definition) is 4. The zero-order chi connectivity index (χ0) is 12.6. The summed E-state index contributed by atoms with van der Waals surface area (Å²) in [7, 11) is 0. The number of carboxylic acid groups (broad SMARTS) is 1.